The molecule has 3 N–H and O–H groups in total. The maximum absolute atomic E-state index is 14.9. The quantitative estimate of drug-likeness (QED) is 0.265. The van der Waals surface area contributed by atoms with Gasteiger partial charge >= 0.3 is 5.97 Å². The minimum Gasteiger partial charge on any atom is -0.488 e. The number of halogens is 2. The van der Waals surface area contributed by atoms with Crippen molar-refractivity contribution >= 4 is 22.8 Å². The van der Waals surface area contributed by atoms with E-state index in [9.17, 15) is 18.7 Å². The molecule has 1 aromatic carbocycles. The highest BCUT2D eigenvalue weighted by Crippen LogP contribution is 2.46. The molecule has 0 radical (unpaired) electrons. The molecule has 3 aromatic heterocycles. The van der Waals surface area contributed by atoms with Crippen molar-refractivity contribution in [2.45, 2.75) is 51.7 Å². The highest BCUT2D eigenvalue weighted by atomic mass is 19.1. The van der Waals surface area contributed by atoms with Gasteiger partial charge in [0.1, 0.15) is 17.3 Å². The predicted molar refractivity (Wildman–Crippen MR) is 142 cm³/mol. The number of aromatic nitrogens is 4. The van der Waals surface area contributed by atoms with E-state index in [-0.39, 0.29) is 35.6 Å². The Morgan fingerprint density at radius 3 is 2.59 bits per heavy atom. The Morgan fingerprint density at radius 1 is 1.10 bits per heavy atom. The van der Waals surface area contributed by atoms with Crippen molar-refractivity contribution in [2.24, 2.45) is 17.8 Å². The standard InChI is InChI=1S/C29H29F2N5O3/c1-14(2)39-23-8-7-17(9-21(23)31)22-11-24(35-26-16-5-3-15(4-6-16)25(26)29(37)38)36-28(34-22)20-13-33-27-19(20)10-18(30)12-32-27/h7-16,25-26H,3-6H2,1-2H3,(H,32,33)(H,37,38)(H,34,35,36). The van der Waals surface area contributed by atoms with Crippen molar-refractivity contribution < 1.29 is 23.4 Å². The molecule has 3 saturated carbocycles. The summed E-state index contributed by atoms with van der Waals surface area (Å²) in [6.45, 7) is 3.65. The number of carboxylic acids is 1. The molecule has 8 nitrogen and oxygen atoms in total. The number of fused-ring (bicyclic) bond motifs is 4. The zero-order chi connectivity index (χ0) is 27.3. The second kappa shape index (κ2) is 9.91. The van der Waals surface area contributed by atoms with Crippen LogP contribution in [0, 0.1) is 29.4 Å². The monoisotopic (exact) mass is 533 g/mol. The largest absolute Gasteiger partial charge is 0.488 e. The molecule has 0 amide bonds. The van der Waals surface area contributed by atoms with Gasteiger partial charge in [0.2, 0.25) is 0 Å². The molecule has 3 fully saturated rings. The third-order valence-corrected chi connectivity index (χ3v) is 7.87. The Balaban J connectivity index is 1.45. The summed E-state index contributed by atoms with van der Waals surface area (Å²) in [7, 11) is 0. The number of aliphatic carboxylic acids is 1. The molecule has 202 valence electrons. The summed E-state index contributed by atoms with van der Waals surface area (Å²) in [4.78, 5) is 28.8. The first-order valence-electron chi connectivity index (χ1n) is 13.2. The average molecular weight is 534 g/mol. The number of carbonyl (C=O) groups is 1. The second-order valence-corrected chi connectivity index (χ2v) is 10.7. The van der Waals surface area contributed by atoms with Gasteiger partial charge in [-0.15, -0.1) is 0 Å². The minimum atomic E-state index is -0.808. The summed E-state index contributed by atoms with van der Waals surface area (Å²) in [6, 6.07) is 7.41. The van der Waals surface area contributed by atoms with Gasteiger partial charge < -0.3 is 20.1 Å². The van der Waals surface area contributed by atoms with E-state index in [0.717, 1.165) is 31.9 Å². The summed E-state index contributed by atoms with van der Waals surface area (Å²) in [6.07, 6.45) is 6.36. The third-order valence-electron chi connectivity index (χ3n) is 7.87. The summed E-state index contributed by atoms with van der Waals surface area (Å²) in [5.41, 5.74) is 1.94. The first-order chi connectivity index (χ1) is 18.8. The number of nitrogens with one attached hydrogen (secondary N) is 2. The highest BCUT2D eigenvalue weighted by Gasteiger charge is 2.47. The van der Waals surface area contributed by atoms with Crippen LogP contribution in [0.1, 0.15) is 39.5 Å². The average Bonchev–Trinajstić information content (AvgIpc) is 3.33. The molecule has 3 aliphatic carbocycles. The molecule has 2 bridgehead atoms. The lowest BCUT2D eigenvalue weighted by Crippen LogP contribution is -2.51. The van der Waals surface area contributed by atoms with Crippen LogP contribution in [0.2, 0.25) is 0 Å². The number of hydrogen-bond donors (Lipinski definition) is 3. The van der Waals surface area contributed by atoms with Gasteiger partial charge in [-0.05, 0) is 75.6 Å². The SMILES string of the molecule is CC(C)Oc1ccc(-c2cc(NC3C4CCC(CC4)C3C(=O)O)nc(-c3c[nH]c4ncc(F)cc34)n2)cc1F. The van der Waals surface area contributed by atoms with Crippen LogP contribution in [0.25, 0.3) is 33.7 Å². The molecule has 3 heterocycles. The van der Waals surface area contributed by atoms with Crippen LogP contribution in [0.15, 0.2) is 42.7 Å². The molecule has 39 heavy (non-hydrogen) atoms. The zero-order valence-electron chi connectivity index (χ0n) is 21.6. The molecule has 4 aromatic rings. The number of rotatable bonds is 7. The predicted octanol–water partition coefficient (Wildman–Crippen LogP) is 6.05. The van der Waals surface area contributed by atoms with Crippen molar-refractivity contribution in [1.82, 2.24) is 19.9 Å². The van der Waals surface area contributed by atoms with Crippen molar-refractivity contribution in [3.05, 3.63) is 54.4 Å². The molecule has 7 rings (SSSR count). The summed E-state index contributed by atoms with van der Waals surface area (Å²) >= 11 is 0. The lowest BCUT2D eigenvalue weighted by atomic mass is 9.61. The molecule has 0 spiro atoms. The van der Waals surface area contributed by atoms with Crippen molar-refractivity contribution in [3.8, 4) is 28.4 Å². The maximum Gasteiger partial charge on any atom is 0.308 e. The fraction of sp³-hybridized carbons (Fsp3) is 0.379. The third kappa shape index (κ3) is 4.79. The Hall–Kier alpha value is -4.08. The van der Waals surface area contributed by atoms with Gasteiger partial charge in [0.15, 0.2) is 17.4 Å². The number of ether oxygens (including phenoxy) is 1. The van der Waals surface area contributed by atoms with Crippen molar-refractivity contribution in [1.29, 1.82) is 0 Å². The molecule has 10 heteroatoms. The number of benzene rings is 1. The van der Waals surface area contributed by atoms with E-state index < -0.39 is 23.5 Å². The minimum absolute atomic E-state index is 0.121. The Morgan fingerprint density at radius 2 is 1.87 bits per heavy atom. The number of H-pyrrole nitrogens is 1. The Kier molecular flexibility index (Phi) is 6.40. The normalized spacial score (nSPS) is 22.4. The number of aromatic amines is 1. The van der Waals surface area contributed by atoms with Crippen LogP contribution in [0.3, 0.4) is 0 Å². The maximum atomic E-state index is 14.9. The lowest BCUT2D eigenvalue weighted by molar-refractivity contribution is -0.148. The van der Waals surface area contributed by atoms with Crippen LogP contribution < -0.4 is 10.1 Å². The fourth-order valence-electron chi connectivity index (χ4n) is 6.15. The van der Waals surface area contributed by atoms with Crippen LogP contribution in [-0.4, -0.2) is 43.2 Å². The molecule has 2 atom stereocenters. The van der Waals surface area contributed by atoms with Crippen molar-refractivity contribution in [3.63, 3.8) is 0 Å². The number of carboxylic acid groups (broad SMARTS) is 1. The van der Waals surface area contributed by atoms with Gasteiger partial charge in [-0.3, -0.25) is 4.79 Å². The van der Waals surface area contributed by atoms with Gasteiger partial charge in [-0.25, -0.2) is 23.7 Å². The van der Waals surface area contributed by atoms with E-state index in [4.69, 9.17) is 14.7 Å². The molecule has 0 saturated heterocycles. The molecular weight excluding hydrogens is 504 g/mol. The van der Waals surface area contributed by atoms with Crippen LogP contribution >= 0.6 is 0 Å². The van der Waals surface area contributed by atoms with Crippen LogP contribution in [-0.2, 0) is 4.79 Å². The molecular formula is C29H29F2N5O3. The van der Waals surface area contributed by atoms with Gasteiger partial charge in [-0.2, -0.15) is 0 Å². The van der Waals surface area contributed by atoms with Crippen LogP contribution in [0.5, 0.6) is 5.75 Å². The topological polar surface area (TPSA) is 113 Å². The van der Waals surface area contributed by atoms with E-state index in [1.165, 1.54) is 12.1 Å². The number of hydrogen-bond acceptors (Lipinski definition) is 6. The number of pyridine rings is 1. The second-order valence-electron chi connectivity index (χ2n) is 10.7. The Bertz CT molecular complexity index is 1550. The van der Waals surface area contributed by atoms with E-state index >= 15 is 0 Å². The Labute approximate surface area is 223 Å². The van der Waals surface area contributed by atoms with E-state index in [1.54, 1.807) is 24.4 Å². The smallest absolute Gasteiger partial charge is 0.308 e. The summed E-state index contributed by atoms with van der Waals surface area (Å²) in [5.74, 6) is -1.15. The summed E-state index contributed by atoms with van der Waals surface area (Å²) < 4.78 is 34.6. The molecule has 0 aliphatic heterocycles. The zero-order valence-corrected chi connectivity index (χ0v) is 21.6. The van der Waals surface area contributed by atoms with Crippen molar-refractivity contribution in [2.75, 3.05) is 5.32 Å². The van der Waals surface area contributed by atoms with Gasteiger partial charge in [0, 0.05) is 34.8 Å². The van der Waals surface area contributed by atoms with E-state index in [1.807, 2.05) is 13.8 Å². The first kappa shape index (κ1) is 25.2. The lowest BCUT2D eigenvalue weighted by Gasteiger charge is -2.47. The van der Waals surface area contributed by atoms with Crippen LogP contribution in [0.4, 0.5) is 14.6 Å². The van der Waals surface area contributed by atoms with E-state index in [0.29, 0.717) is 33.7 Å². The first-order valence-corrected chi connectivity index (χ1v) is 13.2. The number of anilines is 1. The van der Waals surface area contributed by atoms with E-state index in [2.05, 4.69) is 15.3 Å². The molecule has 2 unspecified atom stereocenters. The molecule has 3 aliphatic rings. The van der Waals surface area contributed by atoms with Gasteiger partial charge in [-0.1, -0.05) is 0 Å². The van der Waals surface area contributed by atoms with Gasteiger partial charge in [0.25, 0.3) is 0 Å². The summed E-state index contributed by atoms with van der Waals surface area (Å²) in [5, 5.41) is 14.0. The fourth-order valence-corrected chi connectivity index (χ4v) is 6.15. The number of nitrogens with zero attached hydrogens (tertiary/aromatic N) is 3. The highest BCUT2D eigenvalue weighted by molar-refractivity contribution is 5.92. The van der Waals surface area contributed by atoms with Gasteiger partial charge in [0.05, 0.1) is 23.9 Å².